The molecule has 0 fully saturated rings. The van der Waals surface area contributed by atoms with Gasteiger partial charge in [-0.1, -0.05) is 24.3 Å². The smallest absolute Gasteiger partial charge is 0.274 e. The van der Waals surface area contributed by atoms with Gasteiger partial charge in [-0.25, -0.2) is 14.2 Å². The predicted molar refractivity (Wildman–Crippen MR) is 118 cm³/mol. The minimum atomic E-state index is -0.658. The first kappa shape index (κ1) is 22.4. The van der Waals surface area contributed by atoms with Gasteiger partial charge in [0.15, 0.2) is 11.5 Å². The van der Waals surface area contributed by atoms with Crippen molar-refractivity contribution >= 4 is 28.1 Å². The van der Waals surface area contributed by atoms with E-state index in [1.807, 2.05) is 6.92 Å². The first-order valence-corrected chi connectivity index (χ1v) is 10.2. The lowest BCUT2D eigenvalue weighted by atomic mass is 10.2. The Morgan fingerprint density at radius 3 is 2.48 bits per heavy atom. The number of carbonyl (C=O) groups is 1. The summed E-state index contributed by atoms with van der Waals surface area (Å²) in [6.45, 7) is 2.49. The molecule has 0 bridgehead atoms. The van der Waals surface area contributed by atoms with Crippen molar-refractivity contribution < 1.29 is 23.0 Å². The van der Waals surface area contributed by atoms with Crippen LogP contribution in [0.5, 0.6) is 11.5 Å². The second-order valence-electron chi connectivity index (χ2n) is 6.35. The van der Waals surface area contributed by atoms with Gasteiger partial charge in [0.1, 0.15) is 18.2 Å². The van der Waals surface area contributed by atoms with Crippen molar-refractivity contribution in [3.05, 3.63) is 93.5 Å². The standard InChI is InChI=1S/C23H19BrF2N2O3/c1-2-30-21-11-16(13-27-28-23(29)18-5-3-4-6-20(18)26)19(24)12-22(21)31-14-15-7-9-17(25)10-8-15/h3-13H,2,14H2,1H3,(H,28,29)/b27-13-. The molecule has 0 aliphatic heterocycles. The topological polar surface area (TPSA) is 59.9 Å². The Bertz CT molecular complexity index is 1090. The Balaban J connectivity index is 1.73. The summed E-state index contributed by atoms with van der Waals surface area (Å²) in [5, 5.41) is 3.90. The second kappa shape index (κ2) is 10.7. The molecular formula is C23H19BrF2N2O3. The normalized spacial score (nSPS) is 10.8. The molecule has 0 spiro atoms. The Labute approximate surface area is 186 Å². The molecule has 3 aromatic rings. The maximum atomic E-state index is 13.7. The molecule has 3 aromatic carbocycles. The minimum Gasteiger partial charge on any atom is -0.490 e. The molecule has 1 N–H and O–H groups in total. The van der Waals surface area contributed by atoms with Crippen molar-refractivity contribution in [2.24, 2.45) is 5.10 Å². The van der Waals surface area contributed by atoms with E-state index < -0.39 is 11.7 Å². The van der Waals surface area contributed by atoms with Gasteiger partial charge in [0, 0.05) is 10.0 Å². The summed E-state index contributed by atoms with van der Waals surface area (Å²) in [6, 6.07) is 15.1. The molecule has 0 radical (unpaired) electrons. The maximum Gasteiger partial charge on any atom is 0.274 e. The number of nitrogens with one attached hydrogen (secondary N) is 1. The van der Waals surface area contributed by atoms with E-state index in [9.17, 15) is 13.6 Å². The lowest BCUT2D eigenvalue weighted by Gasteiger charge is -2.14. The van der Waals surface area contributed by atoms with E-state index in [1.54, 1.807) is 30.3 Å². The van der Waals surface area contributed by atoms with Crippen LogP contribution in [0, 0.1) is 11.6 Å². The number of hydrazone groups is 1. The first-order valence-electron chi connectivity index (χ1n) is 9.39. The van der Waals surface area contributed by atoms with Gasteiger partial charge in [0.25, 0.3) is 5.91 Å². The summed E-state index contributed by atoms with van der Waals surface area (Å²) in [6.07, 6.45) is 1.41. The van der Waals surface area contributed by atoms with Gasteiger partial charge in [-0.05, 0) is 64.8 Å². The summed E-state index contributed by atoms with van der Waals surface area (Å²) in [5.74, 6) is -0.625. The fraction of sp³-hybridized carbons (Fsp3) is 0.130. The van der Waals surface area contributed by atoms with Crippen molar-refractivity contribution in [3.8, 4) is 11.5 Å². The Kier molecular flexibility index (Phi) is 7.72. The fourth-order valence-corrected chi connectivity index (χ4v) is 3.06. The van der Waals surface area contributed by atoms with Crippen molar-refractivity contribution in [2.75, 3.05) is 6.61 Å². The quantitative estimate of drug-likeness (QED) is 0.337. The van der Waals surface area contributed by atoms with Crippen LogP contribution in [-0.2, 0) is 6.61 Å². The summed E-state index contributed by atoms with van der Waals surface area (Å²) in [5.41, 5.74) is 3.62. The van der Waals surface area contributed by atoms with Crippen LogP contribution < -0.4 is 14.9 Å². The van der Waals surface area contributed by atoms with Crippen LogP contribution in [0.3, 0.4) is 0 Å². The largest absolute Gasteiger partial charge is 0.490 e. The highest BCUT2D eigenvalue weighted by Gasteiger charge is 2.12. The van der Waals surface area contributed by atoms with Crippen LogP contribution in [0.1, 0.15) is 28.4 Å². The number of halogens is 3. The second-order valence-corrected chi connectivity index (χ2v) is 7.20. The number of hydrogen-bond acceptors (Lipinski definition) is 4. The van der Waals surface area contributed by atoms with E-state index in [1.165, 1.54) is 36.5 Å². The average Bonchev–Trinajstić information content (AvgIpc) is 2.76. The lowest BCUT2D eigenvalue weighted by molar-refractivity contribution is 0.0951. The summed E-state index contributed by atoms with van der Waals surface area (Å²) < 4.78 is 38.9. The van der Waals surface area contributed by atoms with E-state index in [0.717, 1.165) is 5.56 Å². The highest BCUT2D eigenvalue weighted by Crippen LogP contribution is 2.33. The highest BCUT2D eigenvalue weighted by atomic mass is 79.9. The molecule has 31 heavy (non-hydrogen) atoms. The number of nitrogens with zero attached hydrogens (tertiary/aromatic N) is 1. The predicted octanol–water partition coefficient (Wildman–Crippen LogP) is 5.47. The zero-order chi connectivity index (χ0) is 22.2. The molecule has 5 nitrogen and oxygen atoms in total. The summed E-state index contributed by atoms with van der Waals surface area (Å²) >= 11 is 3.44. The Hall–Kier alpha value is -3.26. The van der Waals surface area contributed by atoms with Crippen molar-refractivity contribution in [2.45, 2.75) is 13.5 Å². The van der Waals surface area contributed by atoms with Crippen molar-refractivity contribution in [3.63, 3.8) is 0 Å². The monoisotopic (exact) mass is 488 g/mol. The van der Waals surface area contributed by atoms with Gasteiger partial charge in [0.05, 0.1) is 18.4 Å². The number of carbonyl (C=O) groups excluding carboxylic acids is 1. The molecule has 8 heteroatoms. The molecule has 0 atom stereocenters. The molecule has 1 amide bonds. The third kappa shape index (κ3) is 6.11. The Morgan fingerprint density at radius 2 is 1.77 bits per heavy atom. The van der Waals surface area contributed by atoms with E-state index >= 15 is 0 Å². The average molecular weight is 489 g/mol. The van der Waals surface area contributed by atoms with Crippen LogP contribution in [0.2, 0.25) is 0 Å². The summed E-state index contributed by atoms with van der Waals surface area (Å²) in [7, 11) is 0. The van der Waals surface area contributed by atoms with Crippen molar-refractivity contribution in [1.82, 2.24) is 5.43 Å². The molecule has 0 aliphatic rings. The SMILES string of the molecule is CCOc1cc(/C=N\NC(=O)c2ccccc2F)c(Br)cc1OCc1ccc(F)cc1. The molecule has 0 saturated heterocycles. The van der Waals surface area contributed by atoms with Crippen LogP contribution in [0.25, 0.3) is 0 Å². The van der Waals surface area contributed by atoms with E-state index in [4.69, 9.17) is 9.47 Å². The van der Waals surface area contributed by atoms with Gasteiger partial charge in [0.2, 0.25) is 0 Å². The molecule has 0 aromatic heterocycles. The zero-order valence-corrected chi connectivity index (χ0v) is 18.2. The highest BCUT2D eigenvalue weighted by molar-refractivity contribution is 9.10. The van der Waals surface area contributed by atoms with E-state index in [2.05, 4.69) is 26.5 Å². The van der Waals surface area contributed by atoms with Gasteiger partial charge in [-0.3, -0.25) is 4.79 Å². The van der Waals surface area contributed by atoms with Crippen molar-refractivity contribution in [1.29, 1.82) is 0 Å². The molecule has 0 saturated carbocycles. The van der Waals surface area contributed by atoms with Crippen LogP contribution in [0.4, 0.5) is 8.78 Å². The van der Waals surface area contributed by atoms with Gasteiger partial charge < -0.3 is 9.47 Å². The summed E-state index contributed by atoms with van der Waals surface area (Å²) in [4.78, 5) is 12.1. The maximum absolute atomic E-state index is 13.7. The van der Waals surface area contributed by atoms with Crippen LogP contribution >= 0.6 is 15.9 Å². The molecule has 3 rings (SSSR count). The molecule has 0 heterocycles. The lowest BCUT2D eigenvalue weighted by Crippen LogP contribution is -2.19. The number of rotatable bonds is 8. The number of amides is 1. The third-order valence-electron chi connectivity index (χ3n) is 4.16. The Morgan fingerprint density at radius 1 is 1.06 bits per heavy atom. The zero-order valence-electron chi connectivity index (χ0n) is 16.6. The molecule has 0 unspecified atom stereocenters. The van der Waals surface area contributed by atoms with Crippen LogP contribution in [-0.4, -0.2) is 18.7 Å². The van der Waals surface area contributed by atoms with Gasteiger partial charge in [-0.2, -0.15) is 5.10 Å². The van der Waals surface area contributed by atoms with Gasteiger partial charge >= 0.3 is 0 Å². The molecular weight excluding hydrogens is 470 g/mol. The molecule has 160 valence electrons. The number of benzene rings is 3. The molecule has 0 aliphatic carbocycles. The fourth-order valence-electron chi connectivity index (χ4n) is 2.64. The van der Waals surface area contributed by atoms with E-state index in [-0.39, 0.29) is 18.0 Å². The minimum absolute atomic E-state index is 0.0988. The number of hydrogen-bond donors (Lipinski definition) is 1. The van der Waals surface area contributed by atoms with Gasteiger partial charge in [-0.15, -0.1) is 0 Å². The third-order valence-corrected chi connectivity index (χ3v) is 4.85. The number of ether oxygens (including phenoxy) is 2. The van der Waals surface area contributed by atoms with E-state index in [0.29, 0.717) is 28.1 Å². The van der Waals surface area contributed by atoms with Crippen LogP contribution in [0.15, 0.2) is 70.2 Å². The first-order chi connectivity index (χ1) is 15.0.